The predicted molar refractivity (Wildman–Crippen MR) is 77.8 cm³/mol. The number of hydrogen-bond donors (Lipinski definition) is 1. The first-order valence-electron chi connectivity index (χ1n) is 6.33. The van der Waals surface area contributed by atoms with Gasteiger partial charge in [0.2, 0.25) is 0 Å². The number of rotatable bonds is 8. The Hall–Kier alpha value is -0.580. The van der Waals surface area contributed by atoms with Crippen LogP contribution in [-0.4, -0.2) is 19.9 Å². The summed E-state index contributed by atoms with van der Waals surface area (Å²) in [7, 11) is 0. The van der Waals surface area contributed by atoms with E-state index in [9.17, 15) is 0 Å². The maximum atomic E-state index is 5.49. The lowest BCUT2D eigenvalue weighted by atomic mass is 10.2. The van der Waals surface area contributed by atoms with E-state index in [0.717, 1.165) is 23.3 Å². The highest BCUT2D eigenvalue weighted by molar-refractivity contribution is 9.10. The molecule has 0 spiro atoms. The fourth-order valence-electron chi connectivity index (χ4n) is 1.47. The lowest BCUT2D eigenvalue weighted by Gasteiger charge is -2.11. The van der Waals surface area contributed by atoms with Crippen molar-refractivity contribution in [2.75, 3.05) is 19.9 Å². The summed E-state index contributed by atoms with van der Waals surface area (Å²) in [4.78, 5) is 0. The molecule has 0 amide bonds. The highest BCUT2D eigenvalue weighted by Crippen LogP contribution is 2.26. The number of ether oxygens (including phenoxy) is 2. The van der Waals surface area contributed by atoms with Crippen LogP contribution in [0.5, 0.6) is 5.75 Å². The molecule has 1 aromatic rings. The molecule has 102 valence electrons. The van der Waals surface area contributed by atoms with Crippen LogP contribution in [0.2, 0.25) is 0 Å². The number of hydrogen-bond acceptors (Lipinski definition) is 3. The van der Waals surface area contributed by atoms with Crippen molar-refractivity contribution in [2.45, 2.75) is 27.3 Å². The van der Waals surface area contributed by atoms with Gasteiger partial charge >= 0.3 is 0 Å². The summed E-state index contributed by atoms with van der Waals surface area (Å²) in [6, 6.07) is 6.11. The number of nitrogens with one attached hydrogen (secondary N) is 1. The molecule has 0 heterocycles. The zero-order valence-corrected chi connectivity index (χ0v) is 12.9. The summed E-state index contributed by atoms with van der Waals surface area (Å²) >= 11 is 3.51. The van der Waals surface area contributed by atoms with E-state index in [1.54, 1.807) is 0 Å². The third kappa shape index (κ3) is 5.85. The van der Waals surface area contributed by atoms with E-state index in [1.807, 2.05) is 13.0 Å². The molecule has 0 unspecified atom stereocenters. The van der Waals surface area contributed by atoms with E-state index in [0.29, 0.717) is 19.3 Å². The zero-order chi connectivity index (χ0) is 13.4. The molecule has 4 heteroatoms. The Kier molecular flexibility index (Phi) is 7.32. The zero-order valence-electron chi connectivity index (χ0n) is 11.3. The van der Waals surface area contributed by atoms with Gasteiger partial charge in [-0.1, -0.05) is 19.9 Å². The maximum Gasteiger partial charge on any atom is 0.189 e. The quantitative estimate of drug-likeness (QED) is 0.587. The van der Waals surface area contributed by atoms with Crippen LogP contribution in [0.1, 0.15) is 26.3 Å². The topological polar surface area (TPSA) is 30.5 Å². The van der Waals surface area contributed by atoms with E-state index in [4.69, 9.17) is 9.47 Å². The van der Waals surface area contributed by atoms with Crippen molar-refractivity contribution in [2.24, 2.45) is 5.92 Å². The van der Waals surface area contributed by atoms with Gasteiger partial charge in [-0.15, -0.1) is 0 Å². The van der Waals surface area contributed by atoms with Gasteiger partial charge < -0.3 is 14.8 Å². The van der Waals surface area contributed by atoms with Crippen LogP contribution in [0.4, 0.5) is 0 Å². The van der Waals surface area contributed by atoms with E-state index < -0.39 is 0 Å². The molecule has 3 nitrogen and oxygen atoms in total. The van der Waals surface area contributed by atoms with Gasteiger partial charge in [0.05, 0.1) is 4.47 Å². The molecule has 0 aliphatic carbocycles. The van der Waals surface area contributed by atoms with E-state index in [2.05, 4.69) is 47.2 Å². The van der Waals surface area contributed by atoms with Gasteiger partial charge in [0.1, 0.15) is 5.75 Å². The molecule has 0 bridgehead atoms. The van der Waals surface area contributed by atoms with Crippen molar-refractivity contribution in [1.82, 2.24) is 5.32 Å². The molecule has 0 aliphatic heterocycles. The largest absolute Gasteiger partial charge is 0.466 e. The van der Waals surface area contributed by atoms with Crippen LogP contribution in [0.3, 0.4) is 0 Å². The van der Waals surface area contributed by atoms with Gasteiger partial charge in [-0.05, 0) is 53.0 Å². The van der Waals surface area contributed by atoms with Gasteiger partial charge in [-0.2, -0.15) is 0 Å². The third-order valence-electron chi connectivity index (χ3n) is 2.38. The lowest BCUT2D eigenvalue weighted by Crippen LogP contribution is -2.18. The van der Waals surface area contributed by atoms with E-state index in [1.165, 1.54) is 5.56 Å². The highest BCUT2D eigenvalue weighted by Gasteiger charge is 2.03. The molecule has 0 aliphatic rings. The third-order valence-corrected chi connectivity index (χ3v) is 3.00. The molecule has 0 saturated carbocycles. The lowest BCUT2D eigenvalue weighted by molar-refractivity contribution is 0.0219. The Balaban J connectivity index is 2.45. The molecule has 1 aromatic carbocycles. The molecular formula is C14H22BrNO2. The molecule has 0 radical (unpaired) electrons. The van der Waals surface area contributed by atoms with Crippen molar-refractivity contribution >= 4 is 15.9 Å². The minimum Gasteiger partial charge on any atom is -0.466 e. The predicted octanol–water partition coefficient (Wildman–Crippen LogP) is 3.57. The summed E-state index contributed by atoms with van der Waals surface area (Å²) in [6.45, 7) is 9.21. The number of halogens is 1. The van der Waals surface area contributed by atoms with Crippen LogP contribution in [0.15, 0.2) is 22.7 Å². The van der Waals surface area contributed by atoms with Crippen LogP contribution in [0, 0.1) is 5.92 Å². The van der Waals surface area contributed by atoms with Crippen LogP contribution in [-0.2, 0) is 11.3 Å². The van der Waals surface area contributed by atoms with Gasteiger partial charge in [-0.25, -0.2) is 0 Å². The average molecular weight is 316 g/mol. The summed E-state index contributed by atoms with van der Waals surface area (Å²) in [6.07, 6.45) is 0. The second-order valence-corrected chi connectivity index (χ2v) is 5.40. The smallest absolute Gasteiger partial charge is 0.189 e. The van der Waals surface area contributed by atoms with Crippen molar-refractivity contribution < 1.29 is 9.47 Å². The average Bonchev–Trinajstić information content (AvgIpc) is 2.31. The number of benzene rings is 1. The maximum absolute atomic E-state index is 5.49. The van der Waals surface area contributed by atoms with Crippen LogP contribution in [0.25, 0.3) is 0 Å². The van der Waals surface area contributed by atoms with E-state index in [-0.39, 0.29) is 0 Å². The Morgan fingerprint density at radius 1 is 1.33 bits per heavy atom. The summed E-state index contributed by atoms with van der Waals surface area (Å²) in [5.74, 6) is 1.48. The molecule has 0 atom stereocenters. The first kappa shape index (κ1) is 15.5. The normalized spacial score (nSPS) is 10.9. The second kappa shape index (κ2) is 8.51. The SMILES string of the molecule is CCOCOc1ccc(CNCC(C)C)cc1Br. The molecular weight excluding hydrogens is 294 g/mol. The minimum atomic E-state index is 0.292. The summed E-state index contributed by atoms with van der Waals surface area (Å²) in [5, 5.41) is 3.41. The van der Waals surface area contributed by atoms with Crippen LogP contribution < -0.4 is 10.1 Å². The fraction of sp³-hybridized carbons (Fsp3) is 0.571. The summed E-state index contributed by atoms with van der Waals surface area (Å²) < 4.78 is 11.6. The second-order valence-electron chi connectivity index (χ2n) is 4.54. The fourth-order valence-corrected chi connectivity index (χ4v) is 2.01. The first-order chi connectivity index (χ1) is 8.63. The highest BCUT2D eigenvalue weighted by atomic mass is 79.9. The Labute approximate surface area is 118 Å². The Morgan fingerprint density at radius 2 is 2.11 bits per heavy atom. The molecule has 18 heavy (non-hydrogen) atoms. The Bertz CT molecular complexity index is 356. The first-order valence-corrected chi connectivity index (χ1v) is 7.12. The van der Waals surface area contributed by atoms with Crippen molar-refractivity contribution in [1.29, 1.82) is 0 Å². The monoisotopic (exact) mass is 315 g/mol. The van der Waals surface area contributed by atoms with Gasteiger partial charge in [0, 0.05) is 13.2 Å². The van der Waals surface area contributed by atoms with Gasteiger partial charge in [-0.3, -0.25) is 0 Å². The van der Waals surface area contributed by atoms with Crippen molar-refractivity contribution in [3.05, 3.63) is 28.2 Å². The molecule has 0 saturated heterocycles. The molecule has 1 N–H and O–H groups in total. The van der Waals surface area contributed by atoms with E-state index >= 15 is 0 Å². The molecule has 0 aromatic heterocycles. The van der Waals surface area contributed by atoms with Crippen molar-refractivity contribution in [3.8, 4) is 5.75 Å². The van der Waals surface area contributed by atoms with Crippen LogP contribution >= 0.6 is 15.9 Å². The van der Waals surface area contributed by atoms with Crippen molar-refractivity contribution in [3.63, 3.8) is 0 Å². The molecule has 1 rings (SSSR count). The standard InChI is InChI=1S/C14H22BrNO2/c1-4-17-10-18-14-6-5-12(7-13(14)15)9-16-8-11(2)3/h5-7,11,16H,4,8-10H2,1-3H3. The molecule has 0 fully saturated rings. The minimum absolute atomic E-state index is 0.292. The van der Waals surface area contributed by atoms with Gasteiger partial charge in [0.15, 0.2) is 6.79 Å². The van der Waals surface area contributed by atoms with Gasteiger partial charge in [0.25, 0.3) is 0 Å². The summed E-state index contributed by atoms with van der Waals surface area (Å²) in [5.41, 5.74) is 1.24. The Morgan fingerprint density at radius 3 is 2.72 bits per heavy atom.